The number of nitrogens with zero attached hydrogens (tertiary/aromatic N) is 1. The molecule has 0 fully saturated rings. The van der Waals surface area contributed by atoms with Gasteiger partial charge in [-0.2, -0.15) is 0 Å². The maximum Gasteiger partial charge on any atom is 0.207 e. The van der Waals surface area contributed by atoms with Crippen LogP contribution in [0.1, 0.15) is 35.1 Å². The van der Waals surface area contributed by atoms with E-state index in [4.69, 9.17) is 0 Å². The highest BCUT2D eigenvalue weighted by molar-refractivity contribution is 5.48. The summed E-state index contributed by atoms with van der Waals surface area (Å²) in [5.41, 5.74) is 5.31. The zero-order chi connectivity index (χ0) is 21.4. The van der Waals surface area contributed by atoms with Crippen molar-refractivity contribution in [2.24, 2.45) is 0 Å². The molecule has 160 valence electrons. The van der Waals surface area contributed by atoms with E-state index in [0.29, 0.717) is 6.54 Å². The van der Waals surface area contributed by atoms with Crippen LogP contribution >= 0.6 is 0 Å². The fourth-order valence-corrected chi connectivity index (χ4v) is 5.02. The lowest BCUT2D eigenvalue weighted by atomic mass is 9.71. The first-order chi connectivity index (χ1) is 15.3. The second-order valence-electron chi connectivity index (χ2n) is 8.53. The zero-order valence-electron chi connectivity index (χ0n) is 18.2. The Morgan fingerprint density at radius 2 is 1.29 bits per heavy atom. The predicted octanol–water partition coefficient (Wildman–Crippen LogP) is 4.60. The summed E-state index contributed by atoms with van der Waals surface area (Å²) >= 11 is 0. The molecule has 1 heterocycles. The van der Waals surface area contributed by atoms with Gasteiger partial charge in [-0.05, 0) is 54.5 Å². The maximum atomic E-state index is 11.3. The van der Waals surface area contributed by atoms with Crippen LogP contribution in [-0.2, 0) is 23.1 Å². The highest BCUT2D eigenvalue weighted by Gasteiger charge is 2.33. The molecule has 0 radical (unpaired) electrons. The van der Waals surface area contributed by atoms with Crippen molar-refractivity contribution in [3.63, 3.8) is 0 Å². The number of nitrogens with one attached hydrogen (secondary N) is 1. The minimum absolute atomic E-state index is 0.224. The number of carbonyl (C=O) groups is 1. The SMILES string of the molecule is O=CNCC(CCCN1CCc2ccccc2CC1)(c1ccccc1)c1ccccc1. The van der Waals surface area contributed by atoms with Gasteiger partial charge in [0.2, 0.25) is 6.41 Å². The molecule has 3 heteroatoms. The molecule has 31 heavy (non-hydrogen) atoms. The van der Waals surface area contributed by atoms with E-state index in [1.807, 2.05) is 0 Å². The first kappa shape index (κ1) is 21.3. The number of carbonyl (C=O) groups excluding carboxylic acids is 1. The molecule has 0 spiro atoms. The Morgan fingerprint density at radius 1 is 0.774 bits per heavy atom. The average Bonchev–Trinajstić information content (AvgIpc) is 3.05. The van der Waals surface area contributed by atoms with E-state index in [1.165, 1.54) is 22.3 Å². The van der Waals surface area contributed by atoms with Gasteiger partial charge in [0.1, 0.15) is 0 Å². The fourth-order valence-electron chi connectivity index (χ4n) is 5.02. The molecule has 0 unspecified atom stereocenters. The van der Waals surface area contributed by atoms with Crippen LogP contribution in [0.3, 0.4) is 0 Å². The van der Waals surface area contributed by atoms with Crippen molar-refractivity contribution in [3.05, 3.63) is 107 Å². The van der Waals surface area contributed by atoms with Crippen LogP contribution in [0.15, 0.2) is 84.9 Å². The summed E-state index contributed by atoms with van der Waals surface area (Å²) in [6.45, 7) is 3.92. The molecule has 0 saturated carbocycles. The van der Waals surface area contributed by atoms with Crippen molar-refractivity contribution in [2.45, 2.75) is 31.1 Å². The lowest BCUT2D eigenvalue weighted by Gasteiger charge is -2.36. The number of fused-ring (bicyclic) bond motifs is 1. The third kappa shape index (κ3) is 5.05. The number of hydrogen-bond donors (Lipinski definition) is 1. The predicted molar refractivity (Wildman–Crippen MR) is 127 cm³/mol. The molecule has 3 nitrogen and oxygen atoms in total. The molecule has 0 atom stereocenters. The molecule has 3 aromatic rings. The summed E-state index contributed by atoms with van der Waals surface area (Å²) in [6, 6.07) is 30.2. The lowest BCUT2D eigenvalue weighted by Crippen LogP contribution is -2.40. The molecule has 1 aliphatic rings. The van der Waals surface area contributed by atoms with Gasteiger partial charge >= 0.3 is 0 Å². The maximum absolute atomic E-state index is 11.3. The van der Waals surface area contributed by atoms with E-state index < -0.39 is 0 Å². The van der Waals surface area contributed by atoms with Gasteiger partial charge in [0, 0.05) is 25.0 Å². The molecular formula is C28H32N2O. The Hall–Kier alpha value is -2.91. The Bertz CT molecular complexity index is 889. The summed E-state index contributed by atoms with van der Waals surface area (Å²) in [7, 11) is 0. The van der Waals surface area contributed by atoms with Crippen molar-refractivity contribution >= 4 is 6.41 Å². The van der Waals surface area contributed by atoms with E-state index in [1.54, 1.807) is 0 Å². The molecule has 0 aliphatic carbocycles. The second-order valence-corrected chi connectivity index (χ2v) is 8.53. The molecule has 1 aliphatic heterocycles. The summed E-state index contributed by atoms with van der Waals surface area (Å²) in [6.07, 6.45) is 5.16. The van der Waals surface area contributed by atoms with Crippen molar-refractivity contribution in [1.29, 1.82) is 0 Å². The number of hydrogen-bond acceptors (Lipinski definition) is 2. The first-order valence-corrected chi connectivity index (χ1v) is 11.4. The topological polar surface area (TPSA) is 32.3 Å². The van der Waals surface area contributed by atoms with Crippen molar-refractivity contribution < 1.29 is 4.79 Å². The summed E-state index contributed by atoms with van der Waals surface area (Å²) in [4.78, 5) is 13.9. The van der Waals surface area contributed by atoms with Gasteiger partial charge in [0.05, 0.1) is 0 Å². The normalized spacial score (nSPS) is 14.5. The number of amides is 1. The van der Waals surface area contributed by atoms with Crippen LogP contribution in [0, 0.1) is 0 Å². The van der Waals surface area contributed by atoms with Crippen LogP contribution in [-0.4, -0.2) is 37.5 Å². The van der Waals surface area contributed by atoms with Gasteiger partial charge in [-0.15, -0.1) is 0 Å². The molecule has 4 rings (SSSR count). The molecule has 0 aromatic heterocycles. The summed E-state index contributed by atoms with van der Waals surface area (Å²) < 4.78 is 0. The number of benzene rings is 3. The Kier molecular flexibility index (Phi) is 7.16. The molecule has 0 bridgehead atoms. The van der Waals surface area contributed by atoms with Crippen molar-refractivity contribution in [2.75, 3.05) is 26.2 Å². The molecule has 3 aromatic carbocycles. The quantitative estimate of drug-likeness (QED) is 0.521. The van der Waals surface area contributed by atoms with Gasteiger partial charge in [0.25, 0.3) is 0 Å². The van der Waals surface area contributed by atoms with Gasteiger partial charge in [-0.3, -0.25) is 4.79 Å². The minimum Gasteiger partial charge on any atom is -0.357 e. The van der Waals surface area contributed by atoms with Crippen LogP contribution in [0.5, 0.6) is 0 Å². The van der Waals surface area contributed by atoms with E-state index in [0.717, 1.165) is 51.7 Å². The van der Waals surface area contributed by atoms with Crippen molar-refractivity contribution in [3.8, 4) is 0 Å². The molecule has 1 N–H and O–H groups in total. The highest BCUT2D eigenvalue weighted by atomic mass is 16.1. The van der Waals surface area contributed by atoms with Crippen LogP contribution in [0.4, 0.5) is 0 Å². The molecule has 0 saturated heterocycles. The smallest absolute Gasteiger partial charge is 0.207 e. The van der Waals surface area contributed by atoms with Gasteiger partial charge < -0.3 is 10.2 Å². The lowest BCUT2D eigenvalue weighted by molar-refractivity contribution is -0.109. The van der Waals surface area contributed by atoms with Crippen LogP contribution in [0.25, 0.3) is 0 Å². The summed E-state index contributed by atoms with van der Waals surface area (Å²) in [5.74, 6) is 0. The van der Waals surface area contributed by atoms with Crippen molar-refractivity contribution in [1.82, 2.24) is 10.2 Å². The minimum atomic E-state index is -0.224. The third-order valence-corrected chi connectivity index (χ3v) is 6.73. The Labute approximate surface area is 186 Å². The summed E-state index contributed by atoms with van der Waals surface area (Å²) in [5, 5.41) is 3.00. The molecule has 1 amide bonds. The average molecular weight is 413 g/mol. The van der Waals surface area contributed by atoms with Gasteiger partial charge in [-0.1, -0.05) is 84.9 Å². The largest absolute Gasteiger partial charge is 0.357 e. The standard InChI is InChI=1S/C28H32N2O/c31-23-29-22-28(26-12-3-1-4-13-26,27-14-5-2-6-15-27)18-9-19-30-20-16-24-10-7-8-11-25(24)17-21-30/h1-8,10-15,23H,9,16-22H2,(H,29,31). The second kappa shape index (κ2) is 10.4. The van der Waals surface area contributed by atoms with Gasteiger partial charge in [-0.25, -0.2) is 0 Å². The Balaban J connectivity index is 1.51. The first-order valence-electron chi connectivity index (χ1n) is 11.4. The zero-order valence-corrected chi connectivity index (χ0v) is 18.2. The van der Waals surface area contributed by atoms with Crippen LogP contribution in [0.2, 0.25) is 0 Å². The molecular weight excluding hydrogens is 380 g/mol. The van der Waals surface area contributed by atoms with E-state index in [2.05, 4.69) is 95.1 Å². The number of rotatable bonds is 9. The monoisotopic (exact) mass is 412 g/mol. The van der Waals surface area contributed by atoms with E-state index >= 15 is 0 Å². The van der Waals surface area contributed by atoms with E-state index in [-0.39, 0.29) is 5.41 Å². The highest BCUT2D eigenvalue weighted by Crippen LogP contribution is 2.36. The van der Waals surface area contributed by atoms with Crippen LogP contribution < -0.4 is 5.32 Å². The van der Waals surface area contributed by atoms with E-state index in [9.17, 15) is 4.79 Å². The fraction of sp³-hybridized carbons (Fsp3) is 0.321. The van der Waals surface area contributed by atoms with Gasteiger partial charge in [0.15, 0.2) is 0 Å². The Morgan fingerprint density at radius 3 is 1.81 bits per heavy atom. The third-order valence-electron chi connectivity index (χ3n) is 6.73.